The second-order valence-corrected chi connectivity index (χ2v) is 8.91. The summed E-state index contributed by atoms with van der Waals surface area (Å²) in [6.45, 7) is 2.19. The van der Waals surface area contributed by atoms with Gasteiger partial charge in [-0.1, -0.05) is 18.2 Å². The van der Waals surface area contributed by atoms with E-state index in [1.165, 1.54) is 6.92 Å². The number of hydrogen-bond donors (Lipinski definition) is 7. The second kappa shape index (κ2) is 12.2. The zero-order chi connectivity index (χ0) is 26.2. The van der Waals surface area contributed by atoms with E-state index >= 15 is 0 Å². The number of carboxylic acid groups (broad SMARTS) is 1. The molecule has 1 aliphatic heterocycles. The van der Waals surface area contributed by atoms with Crippen LogP contribution < -0.4 is 27.0 Å². The van der Waals surface area contributed by atoms with Crippen molar-refractivity contribution in [1.29, 1.82) is 0 Å². The van der Waals surface area contributed by atoms with Crippen LogP contribution in [0, 0.1) is 0 Å². The van der Waals surface area contributed by atoms with Gasteiger partial charge < -0.3 is 37.1 Å². The van der Waals surface area contributed by atoms with Crippen LogP contribution in [0.25, 0.3) is 10.9 Å². The Balaban J connectivity index is 1.66. The third kappa shape index (κ3) is 7.04. The Morgan fingerprint density at radius 3 is 2.47 bits per heavy atom. The molecule has 12 heteroatoms. The Labute approximate surface area is 207 Å². The third-order valence-corrected chi connectivity index (χ3v) is 6.15. The third-order valence-electron chi connectivity index (χ3n) is 6.15. The van der Waals surface area contributed by atoms with Gasteiger partial charge in [-0.3, -0.25) is 19.2 Å². The maximum Gasteiger partial charge on any atom is 0.326 e. The summed E-state index contributed by atoms with van der Waals surface area (Å²) in [6.07, 6.45) is 2.88. The topological polar surface area (TPSA) is 196 Å². The van der Waals surface area contributed by atoms with Crippen LogP contribution in [0.4, 0.5) is 0 Å². The predicted molar refractivity (Wildman–Crippen MR) is 131 cm³/mol. The monoisotopic (exact) mass is 500 g/mol. The van der Waals surface area contributed by atoms with E-state index in [4.69, 9.17) is 5.73 Å². The number of amides is 4. The van der Waals surface area contributed by atoms with Crippen molar-refractivity contribution in [2.24, 2.45) is 5.73 Å². The molecule has 1 saturated heterocycles. The van der Waals surface area contributed by atoms with Crippen LogP contribution in [0.15, 0.2) is 30.5 Å². The number of aliphatic carboxylic acids is 1. The van der Waals surface area contributed by atoms with Crippen LogP contribution in [0.5, 0.6) is 0 Å². The minimum Gasteiger partial charge on any atom is -0.480 e. The van der Waals surface area contributed by atoms with Crippen molar-refractivity contribution in [3.8, 4) is 0 Å². The molecule has 0 bridgehead atoms. The molecule has 1 fully saturated rings. The number of H-pyrrole nitrogens is 1. The highest BCUT2D eigenvalue weighted by Gasteiger charge is 2.30. The largest absolute Gasteiger partial charge is 0.480 e. The van der Waals surface area contributed by atoms with Gasteiger partial charge in [0.1, 0.15) is 18.1 Å². The summed E-state index contributed by atoms with van der Waals surface area (Å²) in [7, 11) is 0. The van der Waals surface area contributed by atoms with Crippen LogP contribution in [0.3, 0.4) is 0 Å². The van der Waals surface area contributed by atoms with Gasteiger partial charge in [-0.2, -0.15) is 0 Å². The molecule has 2 heterocycles. The molecule has 1 aromatic carbocycles. The molecular weight excluding hydrogens is 468 g/mol. The fraction of sp³-hybridized carbons (Fsp3) is 0.458. The number of carbonyl (C=O) groups excluding carboxylic acids is 4. The van der Waals surface area contributed by atoms with Crippen molar-refractivity contribution < 1.29 is 29.1 Å². The minimum absolute atomic E-state index is 0.00240. The Bertz CT molecular complexity index is 1130. The Kier molecular flexibility index (Phi) is 9.01. The van der Waals surface area contributed by atoms with Gasteiger partial charge in [0.2, 0.25) is 23.6 Å². The lowest BCUT2D eigenvalue weighted by atomic mass is 10.0. The minimum atomic E-state index is -1.28. The molecule has 3 rings (SSSR count). The van der Waals surface area contributed by atoms with Crippen molar-refractivity contribution >= 4 is 40.5 Å². The van der Waals surface area contributed by atoms with Crippen molar-refractivity contribution in [2.75, 3.05) is 6.54 Å². The number of primary amides is 1. The lowest BCUT2D eigenvalue weighted by molar-refractivity contribution is -0.142. The molecule has 12 nitrogen and oxygen atoms in total. The molecule has 4 unspecified atom stereocenters. The van der Waals surface area contributed by atoms with Crippen molar-refractivity contribution in [1.82, 2.24) is 26.3 Å². The van der Waals surface area contributed by atoms with E-state index in [1.54, 1.807) is 6.20 Å². The highest BCUT2D eigenvalue weighted by atomic mass is 16.4. The Morgan fingerprint density at radius 2 is 1.81 bits per heavy atom. The molecule has 194 valence electrons. The van der Waals surface area contributed by atoms with Gasteiger partial charge in [0.15, 0.2) is 0 Å². The number of para-hydroxylation sites is 1. The van der Waals surface area contributed by atoms with Crippen LogP contribution in [-0.4, -0.2) is 70.4 Å². The zero-order valence-electron chi connectivity index (χ0n) is 20.0. The fourth-order valence-electron chi connectivity index (χ4n) is 4.13. The lowest BCUT2D eigenvalue weighted by Crippen LogP contribution is -2.56. The van der Waals surface area contributed by atoms with Gasteiger partial charge in [-0.25, -0.2) is 4.79 Å². The summed E-state index contributed by atoms with van der Waals surface area (Å²) in [5, 5.41) is 21.2. The number of carboxylic acids is 1. The number of hydrogen-bond acceptors (Lipinski definition) is 6. The average Bonchev–Trinajstić information content (AvgIpc) is 3.51. The van der Waals surface area contributed by atoms with Gasteiger partial charge in [0, 0.05) is 29.9 Å². The number of rotatable bonds is 12. The van der Waals surface area contributed by atoms with Gasteiger partial charge in [-0.15, -0.1) is 0 Å². The number of fused-ring (bicyclic) bond motifs is 1. The molecule has 1 aliphatic rings. The van der Waals surface area contributed by atoms with Gasteiger partial charge in [-0.05, 0) is 44.4 Å². The molecule has 2 aromatic rings. The van der Waals surface area contributed by atoms with Crippen LogP contribution in [0.1, 0.15) is 38.2 Å². The SMILES string of the molecule is CC(NC(=O)C1CCCN1)C(=O)NC(CCC(N)=O)C(=O)NC(Cc1c[nH]c2ccccc12)C(=O)O. The highest BCUT2D eigenvalue weighted by molar-refractivity contribution is 5.94. The van der Waals surface area contributed by atoms with E-state index in [2.05, 4.69) is 26.3 Å². The summed E-state index contributed by atoms with van der Waals surface area (Å²) >= 11 is 0. The predicted octanol–water partition coefficient (Wildman–Crippen LogP) is -0.713. The summed E-state index contributed by atoms with van der Waals surface area (Å²) in [6, 6.07) is 3.53. The Morgan fingerprint density at radius 1 is 1.08 bits per heavy atom. The molecular formula is C24H32N6O6. The normalized spacial score (nSPS) is 17.6. The first-order valence-electron chi connectivity index (χ1n) is 11.9. The molecule has 8 N–H and O–H groups in total. The maximum atomic E-state index is 13.0. The fourth-order valence-corrected chi connectivity index (χ4v) is 4.13. The van der Waals surface area contributed by atoms with E-state index in [-0.39, 0.29) is 31.2 Å². The van der Waals surface area contributed by atoms with Crippen molar-refractivity contribution in [3.05, 3.63) is 36.0 Å². The highest BCUT2D eigenvalue weighted by Crippen LogP contribution is 2.19. The first-order valence-corrected chi connectivity index (χ1v) is 11.9. The molecule has 36 heavy (non-hydrogen) atoms. The molecule has 4 amide bonds. The summed E-state index contributed by atoms with van der Waals surface area (Å²) in [4.78, 5) is 64.3. The van der Waals surface area contributed by atoms with Gasteiger partial charge >= 0.3 is 5.97 Å². The van der Waals surface area contributed by atoms with Crippen LogP contribution in [0.2, 0.25) is 0 Å². The molecule has 1 aromatic heterocycles. The summed E-state index contributed by atoms with van der Waals surface area (Å²) in [5.74, 6) is -3.66. The molecule has 0 aliphatic carbocycles. The number of benzene rings is 1. The van der Waals surface area contributed by atoms with Crippen molar-refractivity contribution in [3.63, 3.8) is 0 Å². The average molecular weight is 501 g/mol. The summed E-state index contributed by atoms with van der Waals surface area (Å²) in [5.41, 5.74) is 6.75. The Hall–Kier alpha value is -3.93. The van der Waals surface area contributed by atoms with Crippen LogP contribution >= 0.6 is 0 Å². The smallest absolute Gasteiger partial charge is 0.326 e. The molecule has 0 radical (unpaired) electrons. The van der Waals surface area contributed by atoms with Crippen molar-refractivity contribution in [2.45, 2.75) is 63.2 Å². The lowest BCUT2D eigenvalue weighted by Gasteiger charge is -2.23. The first-order chi connectivity index (χ1) is 17.2. The first kappa shape index (κ1) is 26.7. The molecule has 0 spiro atoms. The van der Waals surface area contributed by atoms with Gasteiger partial charge in [0.05, 0.1) is 6.04 Å². The van der Waals surface area contributed by atoms with E-state index in [1.807, 2.05) is 24.3 Å². The van der Waals surface area contributed by atoms with E-state index in [0.29, 0.717) is 12.0 Å². The number of aromatic nitrogens is 1. The number of aromatic amines is 1. The zero-order valence-corrected chi connectivity index (χ0v) is 20.0. The van der Waals surface area contributed by atoms with E-state index in [0.717, 1.165) is 23.9 Å². The number of nitrogens with one attached hydrogen (secondary N) is 5. The quantitative estimate of drug-likeness (QED) is 0.200. The number of carbonyl (C=O) groups is 5. The second-order valence-electron chi connectivity index (χ2n) is 8.91. The maximum absolute atomic E-state index is 13.0. The van der Waals surface area contributed by atoms with E-state index in [9.17, 15) is 29.1 Å². The standard InChI is InChI=1S/C24H32N6O6/c1-13(28-22(33)17-7-4-10-26-17)21(32)29-18(8-9-20(25)31)23(34)30-19(24(35)36)11-14-12-27-16-6-3-2-5-15(14)16/h2-3,5-6,12-13,17-19,26-27H,4,7-11H2,1H3,(H2,25,31)(H,28,33)(H,29,32)(H,30,34)(H,35,36). The van der Waals surface area contributed by atoms with E-state index < -0.39 is 41.8 Å². The number of nitrogens with two attached hydrogens (primary N) is 1. The summed E-state index contributed by atoms with van der Waals surface area (Å²) < 4.78 is 0. The van der Waals surface area contributed by atoms with Gasteiger partial charge in [0.25, 0.3) is 0 Å². The molecule has 0 saturated carbocycles. The molecule has 4 atom stereocenters. The van der Waals surface area contributed by atoms with Crippen LogP contribution in [-0.2, 0) is 30.4 Å².